The Morgan fingerprint density at radius 2 is 1.91 bits per heavy atom. The predicted molar refractivity (Wildman–Crippen MR) is 89.7 cm³/mol. The summed E-state index contributed by atoms with van der Waals surface area (Å²) < 4.78 is 29.0. The SMILES string of the molecule is CCN(CC)S(=O)(=O)NC1CCCN(Cc2ccccc2)C1. The molecule has 1 aromatic carbocycles. The topological polar surface area (TPSA) is 52.7 Å². The molecular weight excluding hydrogens is 298 g/mol. The van der Waals surface area contributed by atoms with E-state index in [1.54, 1.807) is 0 Å². The third-order valence-electron chi connectivity index (χ3n) is 4.12. The first-order valence-corrected chi connectivity index (χ1v) is 9.52. The Morgan fingerprint density at radius 1 is 1.23 bits per heavy atom. The summed E-state index contributed by atoms with van der Waals surface area (Å²) in [6.07, 6.45) is 1.93. The van der Waals surface area contributed by atoms with E-state index in [0.717, 1.165) is 32.5 Å². The largest absolute Gasteiger partial charge is 0.298 e. The molecule has 1 heterocycles. The first-order valence-electron chi connectivity index (χ1n) is 8.08. The van der Waals surface area contributed by atoms with Crippen molar-refractivity contribution >= 4 is 10.2 Å². The molecule has 1 aliphatic heterocycles. The third kappa shape index (κ3) is 4.78. The maximum atomic E-state index is 12.3. The zero-order chi connectivity index (χ0) is 16.0. The van der Waals surface area contributed by atoms with Crippen molar-refractivity contribution in [3.8, 4) is 0 Å². The molecule has 0 amide bonds. The van der Waals surface area contributed by atoms with Crippen LogP contribution in [0.25, 0.3) is 0 Å². The van der Waals surface area contributed by atoms with Gasteiger partial charge >= 0.3 is 0 Å². The Hall–Kier alpha value is -0.950. The van der Waals surface area contributed by atoms with Crippen molar-refractivity contribution in [3.63, 3.8) is 0 Å². The summed E-state index contributed by atoms with van der Waals surface area (Å²) >= 11 is 0. The summed E-state index contributed by atoms with van der Waals surface area (Å²) in [7, 11) is -3.36. The van der Waals surface area contributed by atoms with Crippen LogP contribution in [0.1, 0.15) is 32.3 Å². The standard InChI is InChI=1S/C16H27N3O2S/c1-3-19(4-2)22(20,21)17-16-11-8-12-18(14-16)13-15-9-6-5-7-10-15/h5-7,9-10,16-17H,3-4,8,11-14H2,1-2H3. The van der Waals surface area contributed by atoms with Crippen LogP contribution in [-0.4, -0.2) is 49.8 Å². The van der Waals surface area contributed by atoms with Gasteiger partial charge in [-0.05, 0) is 24.9 Å². The lowest BCUT2D eigenvalue weighted by molar-refractivity contribution is 0.193. The maximum Gasteiger partial charge on any atom is 0.279 e. The minimum atomic E-state index is -3.36. The first-order chi connectivity index (χ1) is 10.5. The highest BCUT2D eigenvalue weighted by Crippen LogP contribution is 2.15. The number of nitrogens with one attached hydrogen (secondary N) is 1. The molecule has 5 nitrogen and oxygen atoms in total. The highest BCUT2D eigenvalue weighted by Gasteiger charge is 2.26. The molecule has 0 aromatic heterocycles. The van der Waals surface area contributed by atoms with Crippen LogP contribution in [0.4, 0.5) is 0 Å². The Kier molecular flexibility index (Phi) is 6.37. The molecular formula is C16H27N3O2S. The molecule has 2 rings (SSSR count). The average molecular weight is 325 g/mol. The van der Waals surface area contributed by atoms with E-state index >= 15 is 0 Å². The molecule has 0 saturated carbocycles. The van der Waals surface area contributed by atoms with Gasteiger partial charge in [-0.2, -0.15) is 17.4 Å². The van der Waals surface area contributed by atoms with Gasteiger partial charge in [0, 0.05) is 32.2 Å². The number of hydrogen-bond donors (Lipinski definition) is 1. The maximum absolute atomic E-state index is 12.3. The molecule has 0 radical (unpaired) electrons. The summed E-state index contributed by atoms with van der Waals surface area (Å²) in [4.78, 5) is 2.33. The fourth-order valence-corrected chi connectivity index (χ4v) is 4.43. The van der Waals surface area contributed by atoms with Crippen molar-refractivity contribution in [2.75, 3.05) is 26.2 Å². The second-order valence-corrected chi connectivity index (χ2v) is 7.47. The zero-order valence-electron chi connectivity index (χ0n) is 13.5. The Balaban J connectivity index is 1.93. The number of benzene rings is 1. The van der Waals surface area contributed by atoms with Crippen molar-refractivity contribution < 1.29 is 8.42 Å². The number of rotatable bonds is 7. The van der Waals surface area contributed by atoms with E-state index in [1.165, 1.54) is 9.87 Å². The second kappa shape index (κ2) is 8.06. The van der Waals surface area contributed by atoms with E-state index in [9.17, 15) is 8.42 Å². The van der Waals surface area contributed by atoms with Gasteiger partial charge in [-0.15, -0.1) is 0 Å². The molecule has 22 heavy (non-hydrogen) atoms. The molecule has 1 atom stereocenters. The van der Waals surface area contributed by atoms with Gasteiger partial charge in [-0.25, -0.2) is 0 Å². The molecule has 1 aliphatic rings. The van der Waals surface area contributed by atoms with Crippen LogP contribution in [0.3, 0.4) is 0 Å². The smallest absolute Gasteiger partial charge is 0.279 e. The van der Waals surface area contributed by atoms with E-state index in [2.05, 4.69) is 21.8 Å². The van der Waals surface area contributed by atoms with Crippen molar-refractivity contribution in [3.05, 3.63) is 35.9 Å². The van der Waals surface area contributed by atoms with Gasteiger partial charge in [0.1, 0.15) is 0 Å². The molecule has 1 N–H and O–H groups in total. The Labute approximate surface area is 134 Å². The minimum absolute atomic E-state index is 0.00284. The number of hydrogen-bond acceptors (Lipinski definition) is 3. The van der Waals surface area contributed by atoms with Crippen LogP contribution < -0.4 is 4.72 Å². The summed E-state index contributed by atoms with van der Waals surface area (Å²) in [6, 6.07) is 10.3. The van der Waals surface area contributed by atoms with Gasteiger partial charge in [0.25, 0.3) is 10.2 Å². The van der Waals surface area contributed by atoms with E-state index in [-0.39, 0.29) is 6.04 Å². The van der Waals surface area contributed by atoms with E-state index in [0.29, 0.717) is 13.1 Å². The van der Waals surface area contributed by atoms with Crippen LogP contribution in [0.15, 0.2) is 30.3 Å². The Bertz CT molecular complexity index is 544. The van der Waals surface area contributed by atoms with E-state index in [4.69, 9.17) is 0 Å². The van der Waals surface area contributed by atoms with Crippen LogP contribution >= 0.6 is 0 Å². The van der Waals surface area contributed by atoms with Crippen LogP contribution in [0.2, 0.25) is 0 Å². The average Bonchev–Trinajstić information content (AvgIpc) is 2.49. The number of piperidine rings is 1. The fraction of sp³-hybridized carbons (Fsp3) is 0.625. The quantitative estimate of drug-likeness (QED) is 0.832. The molecule has 124 valence electrons. The highest BCUT2D eigenvalue weighted by molar-refractivity contribution is 7.87. The summed E-state index contributed by atoms with van der Waals surface area (Å²) in [5.74, 6) is 0. The first kappa shape index (κ1) is 17.4. The lowest BCUT2D eigenvalue weighted by Crippen LogP contribution is -2.51. The van der Waals surface area contributed by atoms with Gasteiger partial charge in [0.2, 0.25) is 0 Å². The van der Waals surface area contributed by atoms with Crippen molar-refractivity contribution in [1.82, 2.24) is 13.9 Å². The number of likely N-dealkylation sites (tertiary alicyclic amines) is 1. The summed E-state index contributed by atoms with van der Waals surface area (Å²) in [5.41, 5.74) is 1.27. The minimum Gasteiger partial charge on any atom is -0.298 e. The van der Waals surface area contributed by atoms with Crippen molar-refractivity contribution in [2.45, 2.75) is 39.3 Å². The second-order valence-electron chi connectivity index (χ2n) is 5.77. The lowest BCUT2D eigenvalue weighted by Gasteiger charge is -2.34. The molecule has 6 heteroatoms. The van der Waals surface area contributed by atoms with Gasteiger partial charge in [0.05, 0.1) is 0 Å². The summed E-state index contributed by atoms with van der Waals surface area (Å²) in [5, 5.41) is 0. The molecule has 1 saturated heterocycles. The van der Waals surface area contributed by atoms with E-state index in [1.807, 2.05) is 32.0 Å². The van der Waals surface area contributed by atoms with Crippen LogP contribution in [-0.2, 0) is 16.8 Å². The summed E-state index contributed by atoms with van der Waals surface area (Å²) in [6.45, 7) is 7.42. The van der Waals surface area contributed by atoms with Crippen molar-refractivity contribution in [1.29, 1.82) is 0 Å². The van der Waals surface area contributed by atoms with Gasteiger partial charge in [-0.1, -0.05) is 44.2 Å². The molecule has 0 bridgehead atoms. The predicted octanol–water partition coefficient (Wildman–Crippen LogP) is 1.83. The monoisotopic (exact) mass is 325 g/mol. The number of nitrogens with zero attached hydrogens (tertiary/aromatic N) is 2. The molecule has 0 spiro atoms. The van der Waals surface area contributed by atoms with Crippen LogP contribution in [0.5, 0.6) is 0 Å². The van der Waals surface area contributed by atoms with E-state index < -0.39 is 10.2 Å². The molecule has 1 aromatic rings. The van der Waals surface area contributed by atoms with Crippen LogP contribution in [0, 0.1) is 0 Å². The third-order valence-corrected chi connectivity index (χ3v) is 5.94. The lowest BCUT2D eigenvalue weighted by atomic mass is 10.1. The zero-order valence-corrected chi connectivity index (χ0v) is 14.3. The normalized spacial score (nSPS) is 20.4. The van der Waals surface area contributed by atoms with Gasteiger partial charge < -0.3 is 0 Å². The fourth-order valence-electron chi connectivity index (χ4n) is 2.99. The Morgan fingerprint density at radius 3 is 2.55 bits per heavy atom. The van der Waals surface area contributed by atoms with Crippen molar-refractivity contribution in [2.24, 2.45) is 0 Å². The molecule has 0 aliphatic carbocycles. The highest BCUT2D eigenvalue weighted by atomic mass is 32.2. The van der Waals surface area contributed by atoms with Gasteiger partial charge in [0.15, 0.2) is 0 Å². The molecule has 1 fully saturated rings. The van der Waals surface area contributed by atoms with Gasteiger partial charge in [-0.3, -0.25) is 4.90 Å². The molecule has 1 unspecified atom stereocenters.